The Kier molecular flexibility index (Phi) is 4.88. The third kappa shape index (κ3) is 3.24. The Morgan fingerprint density at radius 1 is 1.15 bits per heavy atom. The number of oxazole rings is 1. The Morgan fingerprint density at radius 3 is 2.58 bits per heavy atom. The molecule has 0 bridgehead atoms. The lowest BCUT2D eigenvalue weighted by Gasteiger charge is -2.04. The summed E-state index contributed by atoms with van der Waals surface area (Å²) in [6, 6.07) is 5.32. The van der Waals surface area contributed by atoms with Crippen molar-refractivity contribution in [3.63, 3.8) is 0 Å². The molecule has 3 aromatic heterocycles. The second-order valence-corrected chi connectivity index (χ2v) is 6.14. The molecule has 4 aromatic rings. The van der Waals surface area contributed by atoms with Crippen LogP contribution in [0.5, 0.6) is 0 Å². The number of rotatable bonds is 2. The smallest absolute Gasteiger partial charge is 0.295 e. The van der Waals surface area contributed by atoms with Gasteiger partial charge in [-0.1, -0.05) is 20.3 Å². The SMILES string of the molecule is CCC.CNc1nc2c(F)cc(-c3cc(C)c4nc(C)cn4n3)cc2o1. The van der Waals surface area contributed by atoms with Crippen molar-refractivity contribution in [2.45, 2.75) is 34.1 Å². The van der Waals surface area contributed by atoms with Crippen LogP contribution in [0.1, 0.15) is 31.5 Å². The number of fused-ring (bicyclic) bond motifs is 2. The number of imidazole rings is 1. The first-order valence-corrected chi connectivity index (χ1v) is 8.58. The molecule has 6 nitrogen and oxygen atoms in total. The van der Waals surface area contributed by atoms with Crippen LogP contribution in [0.2, 0.25) is 0 Å². The van der Waals surface area contributed by atoms with Gasteiger partial charge < -0.3 is 9.73 Å². The van der Waals surface area contributed by atoms with Gasteiger partial charge in [-0.3, -0.25) is 0 Å². The second-order valence-electron chi connectivity index (χ2n) is 6.14. The molecule has 0 radical (unpaired) electrons. The summed E-state index contributed by atoms with van der Waals surface area (Å²) in [5.74, 6) is -0.441. The number of hydrogen-bond acceptors (Lipinski definition) is 5. The van der Waals surface area contributed by atoms with Crippen molar-refractivity contribution >= 4 is 22.8 Å². The molecule has 0 saturated heterocycles. The molecular formula is C19H22FN5O. The first kappa shape index (κ1) is 17.8. The average Bonchev–Trinajstić information content (AvgIpc) is 3.18. The van der Waals surface area contributed by atoms with Crippen LogP contribution < -0.4 is 5.32 Å². The first-order valence-electron chi connectivity index (χ1n) is 8.58. The highest BCUT2D eigenvalue weighted by molar-refractivity contribution is 5.81. The van der Waals surface area contributed by atoms with E-state index in [9.17, 15) is 4.39 Å². The monoisotopic (exact) mass is 355 g/mol. The second kappa shape index (κ2) is 7.11. The summed E-state index contributed by atoms with van der Waals surface area (Å²) in [4.78, 5) is 8.47. The number of aryl methyl sites for hydroxylation is 2. The maximum Gasteiger partial charge on any atom is 0.295 e. The molecule has 1 N–H and O–H groups in total. The molecule has 0 fully saturated rings. The molecule has 4 rings (SSSR count). The predicted molar refractivity (Wildman–Crippen MR) is 101 cm³/mol. The van der Waals surface area contributed by atoms with Gasteiger partial charge in [-0.05, 0) is 37.6 Å². The summed E-state index contributed by atoms with van der Waals surface area (Å²) in [5, 5.41) is 7.28. The predicted octanol–water partition coefficient (Wildman–Crippen LogP) is 4.75. The van der Waals surface area contributed by atoms with Crippen LogP contribution in [0.15, 0.2) is 28.8 Å². The fraction of sp³-hybridized carbons (Fsp3) is 0.316. The van der Waals surface area contributed by atoms with Gasteiger partial charge in [0.25, 0.3) is 6.01 Å². The standard InChI is InChI=1S/C16H14FN5O.C3H8/c1-8-4-12(21-22-7-9(2)19-15(8)22)10-5-11(17)14-13(6-10)23-16(18-3)20-14;1-3-2/h4-7H,1-3H3,(H,18,20);3H2,1-2H3. The first-order chi connectivity index (χ1) is 12.5. The molecule has 0 unspecified atom stereocenters. The zero-order valence-corrected chi connectivity index (χ0v) is 15.6. The van der Waals surface area contributed by atoms with Gasteiger partial charge in [0.05, 0.1) is 17.6 Å². The normalized spacial score (nSPS) is 10.8. The Bertz CT molecular complexity index is 1070. The summed E-state index contributed by atoms with van der Waals surface area (Å²) >= 11 is 0. The highest BCUT2D eigenvalue weighted by atomic mass is 19.1. The minimum absolute atomic E-state index is 0.203. The lowest BCUT2D eigenvalue weighted by molar-refractivity contribution is 0.617. The van der Waals surface area contributed by atoms with Crippen molar-refractivity contribution in [1.29, 1.82) is 0 Å². The minimum atomic E-state index is -0.441. The Labute approximate surface area is 151 Å². The maximum absolute atomic E-state index is 14.3. The van der Waals surface area contributed by atoms with Crippen LogP contribution in [0.25, 0.3) is 28.0 Å². The zero-order valence-electron chi connectivity index (χ0n) is 15.6. The van der Waals surface area contributed by atoms with Crippen LogP contribution in [0.4, 0.5) is 10.4 Å². The summed E-state index contributed by atoms with van der Waals surface area (Å²) in [7, 11) is 1.67. The average molecular weight is 355 g/mol. The lowest BCUT2D eigenvalue weighted by Crippen LogP contribution is -1.96. The molecule has 0 aliphatic heterocycles. The van der Waals surface area contributed by atoms with E-state index < -0.39 is 5.82 Å². The highest BCUT2D eigenvalue weighted by Crippen LogP contribution is 2.28. The van der Waals surface area contributed by atoms with E-state index in [1.165, 1.54) is 12.5 Å². The zero-order chi connectivity index (χ0) is 18.8. The topological polar surface area (TPSA) is 68.2 Å². The Balaban J connectivity index is 0.000000613. The fourth-order valence-electron chi connectivity index (χ4n) is 2.63. The molecule has 0 amide bonds. The van der Waals surface area contributed by atoms with Crippen molar-refractivity contribution in [1.82, 2.24) is 19.6 Å². The van der Waals surface area contributed by atoms with Gasteiger partial charge in [0.15, 0.2) is 17.0 Å². The molecule has 0 aliphatic carbocycles. The van der Waals surface area contributed by atoms with Gasteiger partial charge in [-0.2, -0.15) is 10.1 Å². The fourth-order valence-corrected chi connectivity index (χ4v) is 2.63. The van der Waals surface area contributed by atoms with E-state index >= 15 is 0 Å². The molecule has 0 spiro atoms. The third-order valence-corrected chi connectivity index (χ3v) is 3.69. The van der Waals surface area contributed by atoms with Crippen LogP contribution in [-0.4, -0.2) is 26.6 Å². The number of nitrogens with zero attached hydrogens (tertiary/aromatic N) is 4. The quantitative estimate of drug-likeness (QED) is 0.562. The van der Waals surface area contributed by atoms with Gasteiger partial charge in [0.1, 0.15) is 5.52 Å². The third-order valence-electron chi connectivity index (χ3n) is 3.69. The highest BCUT2D eigenvalue weighted by Gasteiger charge is 2.14. The Hall–Kier alpha value is -2.96. The number of halogens is 1. The van der Waals surface area contributed by atoms with Gasteiger partial charge in [-0.25, -0.2) is 13.9 Å². The summed E-state index contributed by atoms with van der Waals surface area (Å²) in [5.41, 5.74) is 4.51. The lowest BCUT2D eigenvalue weighted by atomic mass is 10.1. The van der Waals surface area contributed by atoms with Crippen LogP contribution >= 0.6 is 0 Å². The molecule has 136 valence electrons. The largest absolute Gasteiger partial charge is 0.423 e. The van der Waals surface area contributed by atoms with Crippen LogP contribution in [0, 0.1) is 19.7 Å². The summed E-state index contributed by atoms with van der Waals surface area (Å²) in [6.45, 7) is 8.11. The molecule has 0 aliphatic rings. The van der Waals surface area contributed by atoms with E-state index in [1.807, 2.05) is 26.1 Å². The van der Waals surface area contributed by atoms with Crippen molar-refractivity contribution < 1.29 is 8.81 Å². The van der Waals surface area contributed by atoms with E-state index in [0.717, 1.165) is 16.9 Å². The molecule has 3 heterocycles. The minimum Gasteiger partial charge on any atom is -0.423 e. The van der Waals surface area contributed by atoms with E-state index in [2.05, 4.69) is 34.2 Å². The van der Waals surface area contributed by atoms with Crippen LogP contribution in [0.3, 0.4) is 0 Å². The van der Waals surface area contributed by atoms with E-state index in [4.69, 9.17) is 4.42 Å². The molecular weight excluding hydrogens is 333 g/mol. The van der Waals surface area contributed by atoms with Gasteiger partial charge in [-0.15, -0.1) is 0 Å². The number of hydrogen-bond donors (Lipinski definition) is 1. The van der Waals surface area contributed by atoms with Crippen molar-refractivity contribution in [2.75, 3.05) is 12.4 Å². The van der Waals surface area contributed by atoms with E-state index in [-0.39, 0.29) is 11.5 Å². The van der Waals surface area contributed by atoms with Crippen molar-refractivity contribution in [2.24, 2.45) is 0 Å². The summed E-state index contributed by atoms with van der Waals surface area (Å²) in [6.07, 6.45) is 3.09. The number of nitrogens with one attached hydrogen (secondary N) is 1. The van der Waals surface area contributed by atoms with Crippen molar-refractivity contribution in [3.05, 3.63) is 41.5 Å². The molecule has 7 heteroatoms. The molecule has 1 aromatic carbocycles. The number of aromatic nitrogens is 4. The number of anilines is 1. The Morgan fingerprint density at radius 2 is 1.88 bits per heavy atom. The molecule has 0 atom stereocenters. The number of benzene rings is 1. The van der Waals surface area contributed by atoms with E-state index in [0.29, 0.717) is 16.8 Å². The van der Waals surface area contributed by atoms with E-state index in [1.54, 1.807) is 17.6 Å². The van der Waals surface area contributed by atoms with Crippen LogP contribution in [-0.2, 0) is 0 Å². The van der Waals surface area contributed by atoms with Gasteiger partial charge >= 0.3 is 0 Å². The molecule has 26 heavy (non-hydrogen) atoms. The summed E-state index contributed by atoms with van der Waals surface area (Å²) < 4.78 is 21.5. The van der Waals surface area contributed by atoms with Gasteiger partial charge in [0.2, 0.25) is 0 Å². The molecule has 0 saturated carbocycles. The van der Waals surface area contributed by atoms with Gasteiger partial charge in [0, 0.05) is 12.6 Å². The maximum atomic E-state index is 14.3. The van der Waals surface area contributed by atoms with Crippen molar-refractivity contribution in [3.8, 4) is 11.3 Å².